The molecule has 1 aromatic carbocycles. The molecule has 1 aromatic heterocycles. The molecule has 0 amide bonds. The zero-order chi connectivity index (χ0) is 21.2. The lowest BCUT2D eigenvalue weighted by Crippen LogP contribution is -2.52. The van der Waals surface area contributed by atoms with Crippen molar-refractivity contribution < 1.29 is 9.84 Å². The Hall–Kier alpha value is -1.69. The minimum absolute atomic E-state index is 0. The van der Waals surface area contributed by atoms with Gasteiger partial charge in [0, 0.05) is 45.1 Å². The van der Waals surface area contributed by atoms with E-state index in [9.17, 15) is 5.11 Å². The number of morpholine rings is 1. The SMILES string of the molecule is CCNC(=NCc1ccccc1Cn1cccn1)NCC(C)(O)CN1CCOCC1.I. The van der Waals surface area contributed by atoms with E-state index >= 15 is 0 Å². The summed E-state index contributed by atoms with van der Waals surface area (Å²) in [4.78, 5) is 6.98. The Bertz CT molecular complexity index is 791. The average molecular weight is 542 g/mol. The molecule has 0 spiro atoms. The van der Waals surface area contributed by atoms with Gasteiger partial charge < -0.3 is 20.5 Å². The van der Waals surface area contributed by atoms with E-state index in [0.717, 1.165) is 45.0 Å². The number of rotatable bonds is 9. The van der Waals surface area contributed by atoms with E-state index in [1.54, 1.807) is 6.20 Å². The van der Waals surface area contributed by atoms with Gasteiger partial charge in [-0.25, -0.2) is 4.99 Å². The molecule has 3 N–H and O–H groups in total. The molecule has 1 saturated heterocycles. The molecule has 31 heavy (non-hydrogen) atoms. The number of hydrogen-bond donors (Lipinski definition) is 3. The molecule has 3 rings (SSSR count). The van der Waals surface area contributed by atoms with Crippen LogP contribution in [0, 0.1) is 0 Å². The van der Waals surface area contributed by atoms with E-state index in [4.69, 9.17) is 9.73 Å². The quantitative estimate of drug-likeness (QED) is 0.254. The summed E-state index contributed by atoms with van der Waals surface area (Å²) in [6, 6.07) is 10.2. The summed E-state index contributed by atoms with van der Waals surface area (Å²) < 4.78 is 7.30. The molecule has 0 bridgehead atoms. The van der Waals surface area contributed by atoms with E-state index in [0.29, 0.717) is 25.6 Å². The second kappa shape index (κ2) is 13.0. The van der Waals surface area contributed by atoms with Gasteiger partial charge in [-0.2, -0.15) is 5.10 Å². The van der Waals surface area contributed by atoms with Gasteiger partial charge in [0.25, 0.3) is 0 Å². The van der Waals surface area contributed by atoms with Crippen molar-refractivity contribution in [3.8, 4) is 0 Å². The summed E-state index contributed by atoms with van der Waals surface area (Å²) >= 11 is 0. The molecule has 2 aromatic rings. The number of benzene rings is 1. The van der Waals surface area contributed by atoms with Crippen LogP contribution in [0.5, 0.6) is 0 Å². The minimum Gasteiger partial charge on any atom is -0.387 e. The summed E-state index contributed by atoms with van der Waals surface area (Å²) in [6.45, 7) is 10.1. The second-order valence-corrected chi connectivity index (χ2v) is 7.91. The lowest BCUT2D eigenvalue weighted by molar-refractivity contribution is -0.0201. The molecule has 1 atom stereocenters. The Kier molecular flexibility index (Phi) is 10.7. The first kappa shape index (κ1) is 25.6. The van der Waals surface area contributed by atoms with Gasteiger partial charge >= 0.3 is 0 Å². The zero-order valence-corrected chi connectivity index (χ0v) is 20.8. The van der Waals surface area contributed by atoms with Crippen molar-refractivity contribution in [2.75, 3.05) is 45.9 Å². The highest BCUT2D eigenvalue weighted by atomic mass is 127. The summed E-state index contributed by atoms with van der Waals surface area (Å²) in [5.41, 5.74) is 1.50. The molecule has 0 aliphatic carbocycles. The third kappa shape index (κ3) is 8.76. The van der Waals surface area contributed by atoms with Crippen LogP contribution < -0.4 is 10.6 Å². The maximum absolute atomic E-state index is 10.8. The summed E-state index contributed by atoms with van der Waals surface area (Å²) in [7, 11) is 0. The average Bonchev–Trinajstić information content (AvgIpc) is 3.25. The molecule has 1 unspecified atom stereocenters. The first-order valence-corrected chi connectivity index (χ1v) is 10.6. The highest BCUT2D eigenvalue weighted by molar-refractivity contribution is 14.0. The van der Waals surface area contributed by atoms with Crippen LogP contribution in [0.2, 0.25) is 0 Å². The predicted octanol–water partition coefficient (Wildman–Crippen LogP) is 1.69. The zero-order valence-electron chi connectivity index (χ0n) is 18.5. The lowest BCUT2D eigenvalue weighted by Gasteiger charge is -2.34. The maximum atomic E-state index is 10.8. The number of β-amino-alcohol motifs (C(OH)–C–C–N with tert-alkyl or cyclic N) is 1. The fraction of sp³-hybridized carbons (Fsp3) is 0.545. The van der Waals surface area contributed by atoms with Crippen molar-refractivity contribution in [3.05, 3.63) is 53.9 Å². The Morgan fingerprint density at radius 3 is 2.61 bits per heavy atom. The predicted molar refractivity (Wildman–Crippen MR) is 134 cm³/mol. The van der Waals surface area contributed by atoms with Gasteiger partial charge in [-0.05, 0) is 31.0 Å². The molecule has 1 aliphatic heterocycles. The van der Waals surface area contributed by atoms with E-state index in [-0.39, 0.29) is 24.0 Å². The monoisotopic (exact) mass is 542 g/mol. The number of hydrogen-bond acceptors (Lipinski definition) is 5. The number of nitrogens with zero attached hydrogens (tertiary/aromatic N) is 4. The lowest BCUT2D eigenvalue weighted by atomic mass is 10.1. The molecular weight excluding hydrogens is 507 g/mol. The highest BCUT2D eigenvalue weighted by Gasteiger charge is 2.25. The normalized spacial score (nSPS) is 16.9. The van der Waals surface area contributed by atoms with Gasteiger partial charge in [0.1, 0.15) is 0 Å². The highest BCUT2D eigenvalue weighted by Crippen LogP contribution is 2.12. The third-order valence-electron chi connectivity index (χ3n) is 5.07. The molecule has 172 valence electrons. The number of ether oxygens (including phenoxy) is 1. The Morgan fingerprint density at radius 2 is 1.94 bits per heavy atom. The van der Waals surface area contributed by atoms with Crippen molar-refractivity contribution in [2.24, 2.45) is 4.99 Å². The van der Waals surface area contributed by atoms with Crippen molar-refractivity contribution in [3.63, 3.8) is 0 Å². The van der Waals surface area contributed by atoms with E-state index in [1.807, 2.05) is 42.9 Å². The standard InChI is InChI=1S/C22H34N6O2.HI/c1-3-23-21(25-17-22(2,29)18-27-11-13-30-14-12-27)24-15-19-7-4-5-8-20(19)16-28-10-6-9-26-28;/h4-10,29H,3,11-18H2,1-2H3,(H2,23,24,25);1H. The van der Waals surface area contributed by atoms with Crippen LogP contribution >= 0.6 is 24.0 Å². The van der Waals surface area contributed by atoms with Crippen molar-refractivity contribution in [1.82, 2.24) is 25.3 Å². The molecular formula is C22H35IN6O2. The number of guanidine groups is 1. The Labute approximate surface area is 202 Å². The Balaban J connectivity index is 0.00000341. The summed E-state index contributed by atoms with van der Waals surface area (Å²) in [5, 5.41) is 21.7. The molecule has 8 nitrogen and oxygen atoms in total. The van der Waals surface area contributed by atoms with Crippen LogP contribution in [0.1, 0.15) is 25.0 Å². The summed E-state index contributed by atoms with van der Waals surface area (Å²) in [6.07, 6.45) is 3.75. The molecule has 0 saturated carbocycles. The van der Waals surface area contributed by atoms with Gasteiger partial charge in [-0.1, -0.05) is 24.3 Å². The Morgan fingerprint density at radius 1 is 1.19 bits per heavy atom. The molecule has 2 heterocycles. The minimum atomic E-state index is -0.856. The topological polar surface area (TPSA) is 86.9 Å². The maximum Gasteiger partial charge on any atom is 0.191 e. The smallest absolute Gasteiger partial charge is 0.191 e. The number of aliphatic hydroxyl groups is 1. The molecule has 9 heteroatoms. The van der Waals surface area contributed by atoms with Crippen molar-refractivity contribution in [2.45, 2.75) is 32.5 Å². The summed E-state index contributed by atoms with van der Waals surface area (Å²) in [5.74, 6) is 0.702. The van der Waals surface area contributed by atoms with Crippen molar-refractivity contribution >= 4 is 29.9 Å². The second-order valence-electron chi connectivity index (χ2n) is 7.91. The first-order chi connectivity index (χ1) is 14.6. The van der Waals surface area contributed by atoms with Crippen LogP contribution in [0.4, 0.5) is 0 Å². The van der Waals surface area contributed by atoms with Crippen LogP contribution in [0.15, 0.2) is 47.7 Å². The molecule has 1 fully saturated rings. The van der Waals surface area contributed by atoms with Crippen molar-refractivity contribution in [1.29, 1.82) is 0 Å². The van der Waals surface area contributed by atoms with Crippen LogP contribution in [0.3, 0.4) is 0 Å². The van der Waals surface area contributed by atoms with Gasteiger partial charge in [0.15, 0.2) is 5.96 Å². The van der Waals surface area contributed by atoms with E-state index in [2.05, 4.69) is 32.8 Å². The first-order valence-electron chi connectivity index (χ1n) is 10.6. The largest absolute Gasteiger partial charge is 0.387 e. The van der Waals surface area contributed by atoms with Gasteiger partial charge in [-0.3, -0.25) is 9.58 Å². The fourth-order valence-corrected chi connectivity index (χ4v) is 3.51. The molecule has 1 aliphatic rings. The van der Waals surface area contributed by atoms with Gasteiger partial charge in [0.05, 0.1) is 31.9 Å². The van der Waals surface area contributed by atoms with E-state index in [1.165, 1.54) is 5.56 Å². The van der Waals surface area contributed by atoms with E-state index < -0.39 is 5.60 Å². The molecule has 0 radical (unpaired) electrons. The fourth-order valence-electron chi connectivity index (χ4n) is 3.51. The number of aromatic nitrogens is 2. The van der Waals surface area contributed by atoms with Crippen LogP contribution in [0.25, 0.3) is 0 Å². The number of aliphatic imine (C=N–C) groups is 1. The number of nitrogens with one attached hydrogen (secondary N) is 2. The van der Waals surface area contributed by atoms with Crippen LogP contribution in [-0.4, -0.2) is 77.3 Å². The van der Waals surface area contributed by atoms with Gasteiger partial charge in [0.2, 0.25) is 0 Å². The van der Waals surface area contributed by atoms with Crippen LogP contribution in [-0.2, 0) is 17.8 Å². The number of halogens is 1. The third-order valence-corrected chi connectivity index (χ3v) is 5.07. The van der Waals surface area contributed by atoms with Gasteiger partial charge in [-0.15, -0.1) is 24.0 Å².